The minimum atomic E-state index is -3.89. The average Bonchev–Trinajstić information content (AvgIpc) is 3.42. The molecule has 39 heavy (non-hydrogen) atoms. The first-order valence-electron chi connectivity index (χ1n) is 12.4. The van der Waals surface area contributed by atoms with Gasteiger partial charge in [-0.3, -0.25) is 13.9 Å². The number of rotatable bonds is 11. The Morgan fingerprint density at radius 3 is 2.38 bits per heavy atom. The molecule has 0 fully saturated rings. The fraction of sp³-hybridized carbons (Fsp3) is 0.286. The van der Waals surface area contributed by atoms with Gasteiger partial charge in [-0.15, -0.1) is 0 Å². The van der Waals surface area contributed by atoms with Crippen LogP contribution in [0.5, 0.6) is 11.5 Å². The lowest BCUT2D eigenvalue weighted by Gasteiger charge is -2.33. The summed E-state index contributed by atoms with van der Waals surface area (Å²) >= 11 is 6.43. The third-order valence-electron chi connectivity index (χ3n) is 6.44. The first-order valence-corrected chi connectivity index (χ1v) is 14.4. The molecule has 1 atom stereocenters. The Kier molecular flexibility index (Phi) is 8.98. The zero-order valence-corrected chi connectivity index (χ0v) is 23.2. The number of halogens is 1. The predicted molar refractivity (Wildman–Crippen MR) is 149 cm³/mol. The number of hydrogen-bond donors (Lipinski definition) is 1. The maximum atomic E-state index is 14.0. The van der Waals surface area contributed by atoms with Crippen LogP contribution in [0.25, 0.3) is 0 Å². The Balaban J connectivity index is 1.73. The van der Waals surface area contributed by atoms with E-state index in [1.165, 1.54) is 24.9 Å². The first-order chi connectivity index (χ1) is 18.7. The number of sulfonamides is 1. The van der Waals surface area contributed by atoms with Gasteiger partial charge in [-0.25, -0.2) is 8.42 Å². The Morgan fingerprint density at radius 1 is 1.00 bits per heavy atom. The molecule has 1 heterocycles. The Morgan fingerprint density at radius 2 is 1.69 bits per heavy atom. The van der Waals surface area contributed by atoms with Gasteiger partial charge in [0, 0.05) is 31.1 Å². The molecular weight excluding hydrogens is 542 g/mol. The molecule has 0 aromatic heterocycles. The van der Waals surface area contributed by atoms with Gasteiger partial charge < -0.3 is 19.7 Å². The van der Waals surface area contributed by atoms with Gasteiger partial charge in [-0.1, -0.05) is 60.1 Å². The SMILES string of the molecule is CCS(=O)(=O)N(CC(=O)N(Cc1ccccc1Cl)[C@H](Cc1ccccc1)C(=O)NC)c1ccc2c(c1)OCO2. The van der Waals surface area contributed by atoms with Gasteiger partial charge in [-0.05, 0) is 36.2 Å². The second kappa shape index (κ2) is 12.4. The molecule has 2 amide bonds. The molecular formula is C28H30ClN3O6S. The Hall–Kier alpha value is -3.76. The lowest BCUT2D eigenvalue weighted by atomic mass is 10.0. The molecule has 0 bridgehead atoms. The summed E-state index contributed by atoms with van der Waals surface area (Å²) in [6.45, 7) is 1.01. The van der Waals surface area contributed by atoms with E-state index >= 15 is 0 Å². The zero-order valence-electron chi connectivity index (χ0n) is 21.7. The van der Waals surface area contributed by atoms with Crippen molar-refractivity contribution in [1.82, 2.24) is 10.2 Å². The molecule has 9 nitrogen and oxygen atoms in total. The zero-order chi connectivity index (χ0) is 28.0. The molecule has 0 saturated carbocycles. The van der Waals surface area contributed by atoms with E-state index in [1.54, 1.807) is 36.4 Å². The normalized spacial score (nSPS) is 13.0. The fourth-order valence-electron chi connectivity index (χ4n) is 4.29. The van der Waals surface area contributed by atoms with Gasteiger partial charge in [0.2, 0.25) is 28.6 Å². The molecule has 0 unspecified atom stereocenters. The predicted octanol–water partition coefficient (Wildman–Crippen LogP) is 3.61. The molecule has 3 aromatic carbocycles. The van der Waals surface area contributed by atoms with Crippen LogP contribution in [0.4, 0.5) is 5.69 Å². The van der Waals surface area contributed by atoms with E-state index in [1.807, 2.05) is 30.3 Å². The average molecular weight is 572 g/mol. The number of likely N-dealkylation sites (N-methyl/N-ethyl adjacent to an activating group) is 1. The van der Waals surface area contributed by atoms with E-state index in [0.717, 1.165) is 9.87 Å². The van der Waals surface area contributed by atoms with Gasteiger partial charge in [0.15, 0.2) is 11.5 Å². The number of ether oxygens (including phenoxy) is 2. The van der Waals surface area contributed by atoms with Crippen molar-refractivity contribution in [2.45, 2.75) is 25.9 Å². The van der Waals surface area contributed by atoms with Gasteiger partial charge in [0.25, 0.3) is 0 Å². The van der Waals surface area contributed by atoms with Crippen LogP contribution < -0.4 is 19.1 Å². The van der Waals surface area contributed by atoms with Crippen molar-refractivity contribution in [3.8, 4) is 11.5 Å². The van der Waals surface area contributed by atoms with Crippen LogP contribution in [0.1, 0.15) is 18.1 Å². The van der Waals surface area contributed by atoms with Crippen LogP contribution in [0.15, 0.2) is 72.8 Å². The Labute approximate surface area is 233 Å². The quantitative estimate of drug-likeness (QED) is 0.377. The van der Waals surface area contributed by atoms with Crippen molar-refractivity contribution in [2.75, 3.05) is 30.4 Å². The third-order valence-corrected chi connectivity index (χ3v) is 8.55. The topological polar surface area (TPSA) is 105 Å². The maximum Gasteiger partial charge on any atom is 0.244 e. The molecule has 0 radical (unpaired) electrons. The summed E-state index contributed by atoms with van der Waals surface area (Å²) in [5, 5.41) is 3.08. The number of anilines is 1. The monoisotopic (exact) mass is 571 g/mol. The smallest absolute Gasteiger partial charge is 0.244 e. The third kappa shape index (κ3) is 6.63. The summed E-state index contributed by atoms with van der Waals surface area (Å²) in [7, 11) is -2.39. The Bertz CT molecular complexity index is 1430. The van der Waals surface area contributed by atoms with Gasteiger partial charge in [0.1, 0.15) is 12.6 Å². The summed E-state index contributed by atoms with van der Waals surface area (Å²) in [6.07, 6.45) is 0.223. The fourth-order valence-corrected chi connectivity index (χ4v) is 5.54. The highest BCUT2D eigenvalue weighted by molar-refractivity contribution is 7.92. The van der Waals surface area contributed by atoms with Crippen LogP contribution in [0, 0.1) is 0 Å². The summed E-state index contributed by atoms with van der Waals surface area (Å²) in [5.74, 6) is -0.304. The minimum Gasteiger partial charge on any atom is -0.454 e. The van der Waals surface area contributed by atoms with Crippen LogP contribution in [0.2, 0.25) is 5.02 Å². The highest BCUT2D eigenvalue weighted by Gasteiger charge is 2.34. The van der Waals surface area contributed by atoms with E-state index in [2.05, 4.69) is 5.32 Å². The standard InChI is InChI=1S/C28H30ClN3O6S/c1-3-39(35,36)32(22-13-14-25-26(16-22)38-19-37-25)18-27(33)31(17-21-11-7-8-12-23(21)29)24(28(34)30-2)15-20-9-5-4-6-10-20/h4-14,16,24H,3,15,17-19H2,1-2H3,(H,30,34)/t24-/m1/s1. The summed E-state index contributed by atoms with van der Waals surface area (Å²) < 4.78 is 38.2. The van der Waals surface area contributed by atoms with Crippen LogP contribution >= 0.6 is 11.6 Å². The van der Waals surface area contributed by atoms with E-state index in [4.69, 9.17) is 21.1 Å². The number of hydrogen-bond acceptors (Lipinski definition) is 6. The van der Waals surface area contributed by atoms with Gasteiger partial charge >= 0.3 is 0 Å². The van der Waals surface area contributed by atoms with Crippen molar-refractivity contribution in [3.63, 3.8) is 0 Å². The lowest BCUT2D eigenvalue weighted by molar-refractivity contribution is -0.139. The molecule has 4 rings (SSSR count). The number of benzene rings is 3. The number of carbonyl (C=O) groups is 2. The highest BCUT2D eigenvalue weighted by Crippen LogP contribution is 2.36. The number of amides is 2. The van der Waals surface area contributed by atoms with Crippen LogP contribution in [0.3, 0.4) is 0 Å². The number of carbonyl (C=O) groups excluding carboxylic acids is 2. The second-order valence-electron chi connectivity index (χ2n) is 8.88. The highest BCUT2D eigenvalue weighted by atomic mass is 35.5. The molecule has 0 aliphatic carbocycles. The molecule has 0 saturated heterocycles. The number of nitrogens with zero attached hydrogens (tertiary/aromatic N) is 2. The number of nitrogens with one attached hydrogen (secondary N) is 1. The van der Waals surface area contributed by atoms with Crippen molar-refractivity contribution >= 4 is 39.1 Å². The molecule has 206 valence electrons. The number of fused-ring (bicyclic) bond motifs is 1. The first kappa shape index (κ1) is 28.3. The minimum absolute atomic E-state index is 0.00454. The largest absolute Gasteiger partial charge is 0.454 e. The summed E-state index contributed by atoms with van der Waals surface area (Å²) in [5.41, 5.74) is 1.73. The van der Waals surface area contributed by atoms with Crippen molar-refractivity contribution in [2.24, 2.45) is 0 Å². The van der Waals surface area contributed by atoms with E-state index in [0.29, 0.717) is 22.1 Å². The molecule has 1 N–H and O–H groups in total. The van der Waals surface area contributed by atoms with Crippen molar-refractivity contribution < 1.29 is 27.5 Å². The molecule has 1 aliphatic rings. The van der Waals surface area contributed by atoms with Crippen LogP contribution in [-0.2, 0) is 32.6 Å². The van der Waals surface area contributed by atoms with E-state index in [9.17, 15) is 18.0 Å². The lowest BCUT2D eigenvalue weighted by Crippen LogP contribution is -2.53. The molecule has 11 heteroatoms. The summed E-state index contributed by atoms with van der Waals surface area (Å²) in [4.78, 5) is 28.6. The van der Waals surface area contributed by atoms with Crippen LogP contribution in [-0.4, -0.2) is 57.3 Å². The second-order valence-corrected chi connectivity index (χ2v) is 11.5. The van der Waals surface area contributed by atoms with Crippen molar-refractivity contribution in [1.29, 1.82) is 0 Å². The molecule has 0 spiro atoms. The molecule has 3 aromatic rings. The van der Waals surface area contributed by atoms with Gasteiger partial charge in [-0.2, -0.15) is 0 Å². The van der Waals surface area contributed by atoms with Crippen molar-refractivity contribution in [3.05, 3.63) is 88.9 Å². The maximum absolute atomic E-state index is 14.0. The molecule has 1 aliphatic heterocycles. The van der Waals surface area contributed by atoms with E-state index in [-0.39, 0.29) is 37.1 Å². The summed E-state index contributed by atoms with van der Waals surface area (Å²) in [6, 6.07) is 20.1. The van der Waals surface area contributed by atoms with Gasteiger partial charge in [0.05, 0.1) is 11.4 Å². The van der Waals surface area contributed by atoms with E-state index < -0.39 is 28.5 Å².